The van der Waals surface area contributed by atoms with Gasteiger partial charge in [-0.25, -0.2) is 0 Å². The summed E-state index contributed by atoms with van der Waals surface area (Å²) >= 11 is 0. The van der Waals surface area contributed by atoms with Crippen molar-refractivity contribution < 1.29 is 4.74 Å². The van der Waals surface area contributed by atoms with Crippen LogP contribution in [-0.4, -0.2) is 67.1 Å². The summed E-state index contributed by atoms with van der Waals surface area (Å²) in [6.45, 7) is 11.0. The third kappa shape index (κ3) is 6.55. The van der Waals surface area contributed by atoms with Crippen molar-refractivity contribution in [2.75, 3.05) is 46.4 Å². The van der Waals surface area contributed by atoms with E-state index in [1.165, 1.54) is 49.9 Å². The molecule has 8 heteroatoms. The fraction of sp³-hybridized carbons (Fsp3) is 0.810. The van der Waals surface area contributed by atoms with Crippen molar-refractivity contribution in [1.82, 2.24) is 25.3 Å². The first-order valence-electron chi connectivity index (χ1n) is 10.8. The molecule has 1 saturated heterocycles. The number of hydrogen-bond donors (Lipinski definition) is 2. The van der Waals surface area contributed by atoms with Crippen LogP contribution in [0.5, 0.6) is 0 Å². The van der Waals surface area contributed by atoms with Crippen molar-refractivity contribution in [2.45, 2.75) is 52.5 Å². The van der Waals surface area contributed by atoms with E-state index in [0.29, 0.717) is 5.41 Å². The molecule has 166 valence electrons. The molecule has 1 aliphatic heterocycles. The van der Waals surface area contributed by atoms with Gasteiger partial charge < -0.3 is 15.4 Å². The van der Waals surface area contributed by atoms with Crippen LogP contribution in [0.25, 0.3) is 0 Å². The smallest absolute Gasteiger partial charge is 0.191 e. The third-order valence-electron chi connectivity index (χ3n) is 6.52. The van der Waals surface area contributed by atoms with Crippen LogP contribution in [-0.2, 0) is 18.3 Å². The number of hydrogen-bond acceptors (Lipinski definition) is 4. The molecule has 1 aliphatic carbocycles. The van der Waals surface area contributed by atoms with E-state index in [0.717, 1.165) is 51.0 Å². The molecule has 1 saturated carbocycles. The van der Waals surface area contributed by atoms with Crippen LogP contribution in [0.1, 0.15) is 49.1 Å². The zero-order chi connectivity index (χ0) is 20.0. The Hall–Kier alpha value is -0.870. The van der Waals surface area contributed by atoms with Crippen LogP contribution in [0.15, 0.2) is 4.99 Å². The van der Waals surface area contributed by atoms with Gasteiger partial charge in [-0.1, -0.05) is 19.3 Å². The number of nitrogens with zero attached hydrogens (tertiary/aromatic N) is 4. The molecule has 0 atom stereocenters. The van der Waals surface area contributed by atoms with E-state index in [-0.39, 0.29) is 24.0 Å². The van der Waals surface area contributed by atoms with Crippen LogP contribution in [0.2, 0.25) is 0 Å². The van der Waals surface area contributed by atoms with Crippen molar-refractivity contribution in [3.63, 3.8) is 0 Å². The lowest BCUT2D eigenvalue weighted by Gasteiger charge is -2.42. The van der Waals surface area contributed by atoms with Gasteiger partial charge in [-0.05, 0) is 26.7 Å². The number of morpholine rings is 1. The van der Waals surface area contributed by atoms with E-state index >= 15 is 0 Å². The highest BCUT2D eigenvalue weighted by Crippen LogP contribution is 2.36. The minimum absolute atomic E-state index is 0. The van der Waals surface area contributed by atoms with E-state index in [4.69, 9.17) is 4.74 Å². The number of aliphatic imine (C=N–C) groups is 1. The van der Waals surface area contributed by atoms with Crippen LogP contribution in [0, 0.1) is 19.3 Å². The lowest BCUT2D eigenvalue weighted by Crippen LogP contribution is -2.51. The predicted octanol–water partition coefficient (Wildman–Crippen LogP) is 2.60. The van der Waals surface area contributed by atoms with Crippen LogP contribution in [0.4, 0.5) is 0 Å². The van der Waals surface area contributed by atoms with Crippen molar-refractivity contribution in [1.29, 1.82) is 0 Å². The number of ether oxygens (including phenoxy) is 1. The summed E-state index contributed by atoms with van der Waals surface area (Å²) in [6.07, 6.45) is 6.65. The molecule has 29 heavy (non-hydrogen) atoms. The van der Waals surface area contributed by atoms with E-state index in [1.54, 1.807) is 0 Å². The van der Waals surface area contributed by atoms with Gasteiger partial charge in [0.05, 0.1) is 18.9 Å². The van der Waals surface area contributed by atoms with Crippen LogP contribution < -0.4 is 10.6 Å². The summed E-state index contributed by atoms with van der Waals surface area (Å²) in [7, 11) is 3.85. The second-order valence-corrected chi connectivity index (χ2v) is 8.50. The molecule has 1 aromatic heterocycles. The largest absolute Gasteiger partial charge is 0.379 e. The number of halogens is 1. The number of aryl methyl sites for hydroxylation is 2. The highest BCUT2D eigenvalue weighted by atomic mass is 127. The molecule has 0 radical (unpaired) electrons. The Morgan fingerprint density at radius 1 is 1.14 bits per heavy atom. The fourth-order valence-corrected chi connectivity index (χ4v) is 4.66. The van der Waals surface area contributed by atoms with Gasteiger partial charge in [-0.2, -0.15) is 5.10 Å². The molecule has 0 spiro atoms. The van der Waals surface area contributed by atoms with Crippen molar-refractivity contribution >= 4 is 29.9 Å². The van der Waals surface area contributed by atoms with Gasteiger partial charge in [-0.15, -0.1) is 24.0 Å². The van der Waals surface area contributed by atoms with Crippen molar-refractivity contribution in [3.8, 4) is 0 Å². The summed E-state index contributed by atoms with van der Waals surface area (Å²) in [6, 6.07) is 0. The first-order chi connectivity index (χ1) is 13.5. The Balaban J connectivity index is 0.00000300. The summed E-state index contributed by atoms with van der Waals surface area (Å²) in [4.78, 5) is 7.06. The first-order valence-corrected chi connectivity index (χ1v) is 10.8. The average molecular weight is 518 g/mol. The quantitative estimate of drug-likeness (QED) is 0.345. The first kappa shape index (κ1) is 24.4. The standard InChI is InChI=1S/C21H38N6O.HI/c1-17-19(18(2)26(4)25-17)14-23-20(22-3)24-15-21(8-6-5-7-9-21)16-27-10-12-28-13-11-27;/h5-16H2,1-4H3,(H2,22,23,24);1H. The fourth-order valence-electron chi connectivity index (χ4n) is 4.66. The maximum atomic E-state index is 5.54. The van der Waals surface area contributed by atoms with Gasteiger partial charge in [0, 0.05) is 63.5 Å². The van der Waals surface area contributed by atoms with E-state index < -0.39 is 0 Å². The molecule has 3 rings (SSSR count). The molecule has 2 heterocycles. The molecule has 2 N–H and O–H groups in total. The SMILES string of the molecule is CN=C(NCc1c(C)nn(C)c1C)NCC1(CN2CCOCC2)CCCCC1.I. The number of rotatable bonds is 6. The highest BCUT2D eigenvalue weighted by molar-refractivity contribution is 14.0. The Bertz CT molecular complexity index is 662. The van der Waals surface area contributed by atoms with E-state index in [9.17, 15) is 0 Å². The third-order valence-corrected chi connectivity index (χ3v) is 6.52. The second-order valence-electron chi connectivity index (χ2n) is 8.50. The van der Waals surface area contributed by atoms with Gasteiger partial charge in [0.1, 0.15) is 0 Å². The Morgan fingerprint density at radius 3 is 2.41 bits per heavy atom. The Morgan fingerprint density at radius 2 is 1.83 bits per heavy atom. The predicted molar refractivity (Wildman–Crippen MR) is 129 cm³/mol. The van der Waals surface area contributed by atoms with Gasteiger partial charge in [0.25, 0.3) is 0 Å². The van der Waals surface area contributed by atoms with Crippen LogP contribution in [0.3, 0.4) is 0 Å². The minimum Gasteiger partial charge on any atom is -0.379 e. The van der Waals surface area contributed by atoms with Gasteiger partial charge in [0.2, 0.25) is 0 Å². The molecular weight excluding hydrogens is 479 g/mol. The van der Waals surface area contributed by atoms with Crippen LogP contribution >= 0.6 is 24.0 Å². The molecule has 0 unspecified atom stereocenters. The molecule has 2 aliphatic rings. The lowest BCUT2D eigenvalue weighted by atomic mass is 9.73. The van der Waals surface area contributed by atoms with Crippen molar-refractivity contribution in [3.05, 3.63) is 17.0 Å². The van der Waals surface area contributed by atoms with Gasteiger partial charge >= 0.3 is 0 Å². The molecule has 7 nitrogen and oxygen atoms in total. The van der Waals surface area contributed by atoms with Crippen molar-refractivity contribution in [2.24, 2.45) is 17.5 Å². The molecular formula is C21H39IN6O. The molecule has 0 bridgehead atoms. The normalized spacial score (nSPS) is 20.2. The highest BCUT2D eigenvalue weighted by Gasteiger charge is 2.34. The zero-order valence-corrected chi connectivity index (χ0v) is 20.9. The van der Waals surface area contributed by atoms with Gasteiger partial charge in [0.15, 0.2) is 5.96 Å². The average Bonchev–Trinajstić information content (AvgIpc) is 2.95. The summed E-state index contributed by atoms with van der Waals surface area (Å²) < 4.78 is 7.49. The van der Waals surface area contributed by atoms with E-state index in [2.05, 4.69) is 39.5 Å². The second kappa shape index (κ2) is 11.5. The Labute approximate surface area is 193 Å². The maximum Gasteiger partial charge on any atom is 0.191 e. The molecule has 2 fully saturated rings. The molecule has 0 amide bonds. The van der Waals surface area contributed by atoms with E-state index in [1.807, 2.05) is 18.8 Å². The number of nitrogens with one attached hydrogen (secondary N) is 2. The minimum atomic E-state index is 0. The lowest BCUT2D eigenvalue weighted by molar-refractivity contribution is 0.00820. The Kier molecular flexibility index (Phi) is 9.68. The topological polar surface area (TPSA) is 66.7 Å². The molecule has 0 aromatic carbocycles. The monoisotopic (exact) mass is 518 g/mol. The van der Waals surface area contributed by atoms with Gasteiger partial charge in [-0.3, -0.25) is 14.6 Å². The maximum absolute atomic E-state index is 5.54. The number of guanidine groups is 1. The molecule has 1 aromatic rings. The zero-order valence-electron chi connectivity index (χ0n) is 18.6. The number of aromatic nitrogens is 2. The summed E-state index contributed by atoms with van der Waals surface area (Å²) in [5, 5.41) is 11.6. The summed E-state index contributed by atoms with van der Waals surface area (Å²) in [5.41, 5.74) is 3.88. The summed E-state index contributed by atoms with van der Waals surface area (Å²) in [5.74, 6) is 0.884.